The van der Waals surface area contributed by atoms with Crippen molar-refractivity contribution in [3.8, 4) is 5.75 Å². The van der Waals surface area contributed by atoms with Gasteiger partial charge >= 0.3 is 0 Å². The fourth-order valence-corrected chi connectivity index (χ4v) is 3.21. The molecule has 3 nitrogen and oxygen atoms in total. The third kappa shape index (κ3) is 3.39. The van der Waals surface area contributed by atoms with E-state index in [2.05, 4.69) is 52.5 Å². The summed E-state index contributed by atoms with van der Waals surface area (Å²) < 4.78 is 0. The number of hydrogen-bond donors (Lipinski definition) is 1. The lowest BCUT2D eigenvalue weighted by Crippen LogP contribution is -2.31. The molecule has 2 aromatic carbocycles. The second-order valence-electron chi connectivity index (χ2n) is 8.21. The molecule has 0 radical (unpaired) electrons. The first-order chi connectivity index (χ1) is 12.2. The standard InChI is InChI=1S/C23H28N2O/c1-15(2)19-13-18(23(4,5)6)14-21(22(19)26)25-16(3)11-12-17-9-7-8-10-20(17)24-25/h7-10,12-14,16,26H,1,11H2,2-6H3. The van der Waals surface area contributed by atoms with E-state index >= 15 is 0 Å². The SMILES string of the molecule is C=C(C)c1cc(C(C)(C)C)cc(N2N=c3ccccc3=CCC2C)c1O. The maximum atomic E-state index is 11.0. The van der Waals surface area contributed by atoms with Crippen LogP contribution < -0.4 is 15.6 Å². The number of nitrogens with zero attached hydrogens (tertiary/aromatic N) is 2. The minimum atomic E-state index is -0.0359. The molecule has 1 unspecified atom stereocenters. The van der Waals surface area contributed by atoms with Crippen molar-refractivity contribution in [1.29, 1.82) is 0 Å². The van der Waals surface area contributed by atoms with Crippen molar-refractivity contribution in [2.24, 2.45) is 5.10 Å². The zero-order chi connectivity index (χ0) is 19.1. The zero-order valence-corrected chi connectivity index (χ0v) is 16.4. The highest BCUT2D eigenvalue weighted by Gasteiger charge is 2.24. The Hall–Kier alpha value is -2.55. The van der Waals surface area contributed by atoms with E-state index in [1.54, 1.807) is 0 Å². The van der Waals surface area contributed by atoms with Gasteiger partial charge in [-0.05, 0) is 60.2 Å². The molecule has 1 N–H and O–H groups in total. The van der Waals surface area contributed by atoms with E-state index in [4.69, 9.17) is 5.10 Å². The van der Waals surface area contributed by atoms with E-state index in [9.17, 15) is 5.11 Å². The highest BCUT2D eigenvalue weighted by atomic mass is 16.3. The molecule has 0 fully saturated rings. The highest BCUT2D eigenvalue weighted by molar-refractivity contribution is 5.76. The molecule has 0 saturated heterocycles. The Morgan fingerprint density at radius 2 is 1.92 bits per heavy atom. The van der Waals surface area contributed by atoms with Crippen molar-refractivity contribution >= 4 is 17.3 Å². The van der Waals surface area contributed by atoms with Crippen LogP contribution in [-0.4, -0.2) is 11.1 Å². The second-order valence-corrected chi connectivity index (χ2v) is 8.21. The van der Waals surface area contributed by atoms with Gasteiger partial charge in [-0.3, -0.25) is 5.01 Å². The van der Waals surface area contributed by atoms with Crippen LogP contribution in [0.5, 0.6) is 5.75 Å². The summed E-state index contributed by atoms with van der Waals surface area (Å²) in [6.45, 7) is 14.7. The van der Waals surface area contributed by atoms with Crippen LogP contribution in [0, 0.1) is 0 Å². The van der Waals surface area contributed by atoms with Gasteiger partial charge in [-0.1, -0.05) is 51.6 Å². The van der Waals surface area contributed by atoms with Crippen LogP contribution >= 0.6 is 0 Å². The largest absolute Gasteiger partial charge is 0.505 e. The first-order valence-corrected chi connectivity index (χ1v) is 9.15. The minimum Gasteiger partial charge on any atom is -0.505 e. The average molecular weight is 348 g/mol. The van der Waals surface area contributed by atoms with Crippen molar-refractivity contribution in [1.82, 2.24) is 0 Å². The predicted molar refractivity (Wildman–Crippen MR) is 110 cm³/mol. The smallest absolute Gasteiger partial charge is 0.148 e. The number of hydrogen-bond acceptors (Lipinski definition) is 3. The Balaban J connectivity index is 2.27. The summed E-state index contributed by atoms with van der Waals surface area (Å²) in [6.07, 6.45) is 3.08. The summed E-state index contributed by atoms with van der Waals surface area (Å²) in [5.74, 6) is 0.250. The molecule has 136 valence electrons. The van der Waals surface area contributed by atoms with Crippen molar-refractivity contribution in [2.45, 2.75) is 52.5 Å². The van der Waals surface area contributed by atoms with Gasteiger partial charge in [0.1, 0.15) is 11.4 Å². The molecule has 0 bridgehead atoms. The number of benzene rings is 2. The van der Waals surface area contributed by atoms with Gasteiger partial charge in [-0.25, -0.2) is 0 Å². The van der Waals surface area contributed by atoms with Gasteiger partial charge < -0.3 is 5.11 Å². The molecule has 1 atom stereocenters. The molecule has 1 heterocycles. The molecule has 26 heavy (non-hydrogen) atoms. The Morgan fingerprint density at radius 1 is 1.23 bits per heavy atom. The number of anilines is 1. The number of rotatable bonds is 2. The third-order valence-electron chi connectivity index (χ3n) is 4.91. The lowest BCUT2D eigenvalue weighted by molar-refractivity contribution is 0.468. The van der Waals surface area contributed by atoms with Crippen molar-refractivity contribution in [3.05, 3.63) is 64.7 Å². The number of allylic oxidation sites excluding steroid dienone is 1. The van der Waals surface area contributed by atoms with Crippen LogP contribution in [0.15, 0.2) is 48.1 Å². The Labute approximate surface area is 156 Å². The molecule has 0 spiro atoms. The van der Waals surface area contributed by atoms with Crippen LogP contribution in [0.2, 0.25) is 0 Å². The zero-order valence-electron chi connectivity index (χ0n) is 16.4. The molecule has 0 aliphatic carbocycles. The number of aromatic hydroxyl groups is 1. The van der Waals surface area contributed by atoms with Crippen LogP contribution in [0.1, 0.15) is 52.2 Å². The fraction of sp³-hybridized carbons (Fsp3) is 0.348. The maximum Gasteiger partial charge on any atom is 0.148 e. The number of phenolic OH excluding ortho intramolecular Hbond substituents is 1. The molecular weight excluding hydrogens is 320 g/mol. The molecule has 3 rings (SSSR count). The summed E-state index contributed by atoms with van der Waals surface area (Å²) >= 11 is 0. The van der Waals surface area contributed by atoms with Gasteiger partial charge in [-0.15, -0.1) is 0 Å². The maximum absolute atomic E-state index is 11.0. The van der Waals surface area contributed by atoms with Crippen LogP contribution in [-0.2, 0) is 5.41 Å². The molecule has 1 aliphatic heterocycles. The lowest BCUT2D eigenvalue weighted by Gasteiger charge is -2.29. The predicted octanol–water partition coefficient (Wildman–Crippen LogP) is 4.34. The van der Waals surface area contributed by atoms with Gasteiger partial charge in [0.2, 0.25) is 0 Å². The molecule has 0 aromatic heterocycles. The lowest BCUT2D eigenvalue weighted by atomic mass is 9.84. The normalized spacial score (nSPS) is 17.0. The van der Waals surface area contributed by atoms with Gasteiger partial charge in [-0.2, -0.15) is 5.10 Å². The quantitative estimate of drug-likeness (QED) is 0.876. The molecule has 0 saturated carbocycles. The highest BCUT2D eigenvalue weighted by Crippen LogP contribution is 2.40. The van der Waals surface area contributed by atoms with Crippen molar-refractivity contribution < 1.29 is 5.11 Å². The summed E-state index contributed by atoms with van der Waals surface area (Å²) in [5, 5.41) is 19.9. The average Bonchev–Trinajstić information content (AvgIpc) is 2.73. The van der Waals surface area contributed by atoms with E-state index < -0.39 is 0 Å². The topological polar surface area (TPSA) is 35.8 Å². The number of phenols is 1. The van der Waals surface area contributed by atoms with E-state index in [1.165, 1.54) is 0 Å². The minimum absolute atomic E-state index is 0.0359. The summed E-state index contributed by atoms with van der Waals surface area (Å²) in [5.41, 5.74) is 3.51. The van der Waals surface area contributed by atoms with E-state index in [0.29, 0.717) is 0 Å². The van der Waals surface area contributed by atoms with Gasteiger partial charge in [0.25, 0.3) is 0 Å². The summed E-state index contributed by atoms with van der Waals surface area (Å²) in [7, 11) is 0. The first-order valence-electron chi connectivity index (χ1n) is 9.15. The number of fused-ring (bicyclic) bond motifs is 1. The summed E-state index contributed by atoms with van der Waals surface area (Å²) in [6, 6.07) is 12.4. The van der Waals surface area contributed by atoms with Gasteiger partial charge in [0, 0.05) is 5.56 Å². The molecule has 1 aliphatic rings. The molecule has 3 heteroatoms. The van der Waals surface area contributed by atoms with E-state index in [0.717, 1.165) is 39.4 Å². The fourth-order valence-electron chi connectivity index (χ4n) is 3.21. The molecular formula is C23H28N2O. The van der Waals surface area contributed by atoms with Crippen molar-refractivity contribution in [2.75, 3.05) is 5.01 Å². The van der Waals surface area contributed by atoms with Crippen LogP contribution in [0.4, 0.5) is 5.69 Å². The van der Waals surface area contributed by atoms with E-state index in [-0.39, 0.29) is 17.2 Å². The Kier molecular flexibility index (Phi) is 4.66. The summed E-state index contributed by atoms with van der Waals surface area (Å²) in [4.78, 5) is 0. The Morgan fingerprint density at radius 3 is 2.58 bits per heavy atom. The van der Waals surface area contributed by atoms with Gasteiger partial charge in [0.05, 0.1) is 11.4 Å². The second kappa shape index (κ2) is 6.64. The molecule has 0 amide bonds. The van der Waals surface area contributed by atoms with Crippen LogP contribution in [0.25, 0.3) is 11.6 Å². The Bertz CT molecular complexity index is 967. The molecule has 2 aromatic rings. The monoisotopic (exact) mass is 348 g/mol. The third-order valence-corrected chi connectivity index (χ3v) is 4.91. The van der Waals surface area contributed by atoms with Crippen LogP contribution in [0.3, 0.4) is 0 Å². The van der Waals surface area contributed by atoms with Crippen molar-refractivity contribution in [3.63, 3.8) is 0 Å². The van der Waals surface area contributed by atoms with Gasteiger partial charge in [0.15, 0.2) is 0 Å². The first kappa shape index (κ1) is 18.2. The van der Waals surface area contributed by atoms with E-state index in [1.807, 2.05) is 36.2 Å².